The lowest BCUT2D eigenvalue weighted by Gasteiger charge is -2.22. The van der Waals surface area contributed by atoms with Gasteiger partial charge < -0.3 is 20.3 Å². The normalized spacial score (nSPS) is 12.9. The van der Waals surface area contributed by atoms with Crippen molar-refractivity contribution in [1.82, 2.24) is 5.32 Å². The summed E-state index contributed by atoms with van der Waals surface area (Å²) >= 11 is 0. The average Bonchev–Trinajstić information content (AvgIpc) is 3.25. The molecule has 60 heavy (non-hydrogen) atoms. The summed E-state index contributed by atoms with van der Waals surface area (Å²) in [7, 11) is 0. The van der Waals surface area contributed by atoms with Gasteiger partial charge in [0.05, 0.1) is 25.4 Å². The zero-order valence-electron chi connectivity index (χ0n) is 39.9. The summed E-state index contributed by atoms with van der Waals surface area (Å²) in [6.45, 7) is 4.85. The highest BCUT2D eigenvalue weighted by molar-refractivity contribution is 5.76. The fourth-order valence-electron chi connectivity index (χ4n) is 7.85. The molecular weight excluding hydrogens is 743 g/mol. The third kappa shape index (κ3) is 45.6. The number of aliphatic hydroxyl groups excluding tert-OH is 2. The van der Waals surface area contributed by atoms with E-state index in [9.17, 15) is 19.8 Å². The van der Waals surface area contributed by atoms with Crippen molar-refractivity contribution in [2.24, 2.45) is 0 Å². The third-order valence-electron chi connectivity index (χ3n) is 11.9. The number of carbonyl (C=O) groups is 2. The highest BCUT2D eigenvalue weighted by atomic mass is 16.5. The van der Waals surface area contributed by atoms with Crippen molar-refractivity contribution in [3.05, 3.63) is 36.5 Å². The number of ether oxygens (including phenoxy) is 1. The van der Waals surface area contributed by atoms with Gasteiger partial charge in [0, 0.05) is 12.8 Å². The maximum Gasteiger partial charge on any atom is 0.305 e. The van der Waals surface area contributed by atoms with Crippen molar-refractivity contribution < 1.29 is 24.5 Å². The lowest BCUT2D eigenvalue weighted by Crippen LogP contribution is -2.45. The summed E-state index contributed by atoms with van der Waals surface area (Å²) in [5.74, 6) is -0.0562. The number of carbonyl (C=O) groups excluding carboxylic acids is 2. The van der Waals surface area contributed by atoms with E-state index in [0.717, 1.165) is 51.4 Å². The molecule has 0 spiro atoms. The minimum Gasteiger partial charge on any atom is -0.466 e. The molecule has 3 N–H and O–H groups in total. The SMILES string of the molecule is CCC/C=C\C/C=C\CCCCCCCC(=O)OCCCCCCCCCCC/C=C\CCCCCCCCCC(=O)NC(CO)C(O)CCCCCCCCCCCC. The van der Waals surface area contributed by atoms with Crippen molar-refractivity contribution in [1.29, 1.82) is 0 Å². The summed E-state index contributed by atoms with van der Waals surface area (Å²) in [6, 6.07) is -0.546. The predicted molar refractivity (Wildman–Crippen MR) is 259 cm³/mol. The van der Waals surface area contributed by atoms with Gasteiger partial charge in [0.25, 0.3) is 0 Å². The number of amides is 1. The Labute approximate surface area is 373 Å². The second-order valence-corrected chi connectivity index (χ2v) is 17.8. The number of hydrogen-bond acceptors (Lipinski definition) is 5. The Bertz CT molecular complexity index is 977. The maximum absolute atomic E-state index is 12.4. The monoisotopic (exact) mass is 844 g/mol. The molecule has 2 unspecified atom stereocenters. The van der Waals surface area contributed by atoms with Gasteiger partial charge in [0.1, 0.15) is 0 Å². The van der Waals surface area contributed by atoms with E-state index in [2.05, 4.69) is 55.6 Å². The highest BCUT2D eigenvalue weighted by Gasteiger charge is 2.20. The number of unbranched alkanes of at least 4 members (excludes halogenated alkanes) is 31. The molecule has 0 heterocycles. The molecule has 1 amide bonds. The predicted octanol–water partition coefficient (Wildman–Crippen LogP) is 15.7. The minimum atomic E-state index is -0.668. The van der Waals surface area contributed by atoms with Crippen LogP contribution < -0.4 is 5.32 Å². The maximum atomic E-state index is 12.4. The average molecular weight is 844 g/mol. The molecule has 0 aromatic carbocycles. The standard InChI is InChI=1S/C54H101NO5/c1-3-5-7-9-11-13-15-24-28-32-36-40-44-48-54(59)60-49-45-41-37-33-29-26-23-21-19-17-16-18-20-22-25-27-31-35-39-43-47-53(58)55-51(50-56)52(57)46-42-38-34-30-14-12-10-8-6-4-2/h7,9,13,15-16,18,51-52,56-57H,3-6,8,10-12,14,17,19-50H2,1-2H3,(H,55,58)/b9-7-,15-13-,18-16-. The van der Waals surface area contributed by atoms with Gasteiger partial charge in [-0.05, 0) is 77.0 Å². The van der Waals surface area contributed by atoms with Crippen LogP contribution in [0.5, 0.6) is 0 Å². The van der Waals surface area contributed by atoms with E-state index in [-0.39, 0.29) is 18.5 Å². The smallest absolute Gasteiger partial charge is 0.305 e. The number of nitrogens with one attached hydrogen (secondary N) is 1. The van der Waals surface area contributed by atoms with E-state index in [1.807, 2.05) is 0 Å². The Balaban J connectivity index is 3.43. The molecular formula is C54H101NO5. The van der Waals surface area contributed by atoms with Crippen molar-refractivity contribution >= 4 is 11.9 Å². The molecule has 0 aromatic heterocycles. The Morgan fingerprint density at radius 1 is 0.467 bits per heavy atom. The fraction of sp³-hybridized carbons (Fsp3) is 0.852. The first-order valence-corrected chi connectivity index (χ1v) is 26.2. The lowest BCUT2D eigenvalue weighted by atomic mass is 10.0. The molecule has 6 heteroatoms. The Morgan fingerprint density at radius 3 is 1.35 bits per heavy atom. The van der Waals surface area contributed by atoms with Crippen LogP contribution in [-0.4, -0.2) is 47.4 Å². The van der Waals surface area contributed by atoms with Gasteiger partial charge in [-0.15, -0.1) is 0 Å². The molecule has 0 rings (SSSR count). The highest BCUT2D eigenvalue weighted by Crippen LogP contribution is 2.16. The van der Waals surface area contributed by atoms with Crippen LogP contribution in [0, 0.1) is 0 Å². The molecule has 0 bridgehead atoms. The van der Waals surface area contributed by atoms with Gasteiger partial charge in [-0.25, -0.2) is 0 Å². The van der Waals surface area contributed by atoms with Crippen LogP contribution in [0.2, 0.25) is 0 Å². The number of rotatable bonds is 48. The van der Waals surface area contributed by atoms with Crippen LogP contribution >= 0.6 is 0 Å². The summed E-state index contributed by atoms with van der Waals surface area (Å²) in [5, 5.41) is 23.1. The van der Waals surface area contributed by atoms with Gasteiger partial charge in [-0.1, -0.05) is 217 Å². The zero-order valence-corrected chi connectivity index (χ0v) is 39.9. The van der Waals surface area contributed by atoms with Crippen LogP contribution in [0.15, 0.2) is 36.5 Å². The quantitative estimate of drug-likeness (QED) is 0.0322. The number of allylic oxidation sites excluding steroid dienone is 6. The summed E-state index contributed by atoms with van der Waals surface area (Å²) in [4.78, 5) is 24.4. The summed E-state index contributed by atoms with van der Waals surface area (Å²) in [6.07, 6.45) is 59.8. The van der Waals surface area contributed by atoms with Crippen LogP contribution in [0.25, 0.3) is 0 Å². The summed E-state index contributed by atoms with van der Waals surface area (Å²) in [5.41, 5.74) is 0. The van der Waals surface area contributed by atoms with Crippen LogP contribution in [0.3, 0.4) is 0 Å². The molecule has 0 aliphatic heterocycles. The van der Waals surface area contributed by atoms with E-state index < -0.39 is 12.1 Å². The topological polar surface area (TPSA) is 95.9 Å². The molecule has 0 saturated heterocycles. The molecule has 0 aliphatic rings. The first-order chi connectivity index (χ1) is 29.5. The lowest BCUT2D eigenvalue weighted by molar-refractivity contribution is -0.143. The molecule has 352 valence electrons. The second kappa shape index (κ2) is 49.7. The Kier molecular flexibility index (Phi) is 48.1. The number of esters is 1. The van der Waals surface area contributed by atoms with Crippen LogP contribution in [0.4, 0.5) is 0 Å². The van der Waals surface area contributed by atoms with Gasteiger partial charge >= 0.3 is 5.97 Å². The molecule has 6 nitrogen and oxygen atoms in total. The van der Waals surface area contributed by atoms with Crippen LogP contribution in [-0.2, 0) is 14.3 Å². The van der Waals surface area contributed by atoms with Crippen molar-refractivity contribution in [2.75, 3.05) is 13.2 Å². The van der Waals surface area contributed by atoms with Crippen molar-refractivity contribution in [3.63, 3.8) is 0 Å². The van der Waals surface area contributed by atoms with E-state index in [4.69, 9.17) is 4.74 Å². The summed E-state index contributed by atoms with van der Waals surface area (Å²) < 4.78 is 5.45. The molecule has 0 aromatic rings. The van der Waals surface area contributed by atoms with Gasteiger partial charge in [-0.3, -0.25) is 9.59 Å². The number of hydrogen-bond donors (Lipinski definition) is 3. The third-order valence-corrected chi connectivity index (χ3v) is 11.9. The first-order valence-electron chi connectivity index (χ1n) is 26.2. The number of aliphatic hydroxyl groups is 2. The minimum absolute atomic E-state index is 0.00983. The van der Waals surface area contributed by atoms with E-state index in [1.54, 1.807) is 0 Å². The van der Waals surface area contributed by atoms with Gasteiger partial charge in [-0.2, -0.15) is 0 Å². The Morgan fingerprint density at radius 2 is 0.867 bits per heavy atom. The van der Waals surface area contributed by atoms with E-state index in [1.165, 1.54) is 186 Å². The first kappa shape index (κ1) is 58.1. The molecule has 0 fully saturated rings. The molecule has 2 atom stereocenters. The van der Waals surface area contributed by atoms with Gasteiger partial charge in [0.2, 0.25) is 5.91 Å². The largest absolute Gasteiger partial charge is 0.466 e. The molecule has 0 aliphatic carbocycles. The second-order valence-electron chi connectivity index (χ2n) is 17.8. The van der Waals surface area contributed by atoms with E-state index in [0.29, 0.717) is 25.9 Å². The van der Waals surface area contributed by atoms with E-state index >= 15 is 0 Å². The van der Waals surface area contributed by atoms with Crippen molar-refractivity contribution in [3.8, 4) is 0 Å². The van der Waals surface area contributed by atoms with Crippen molar-refractivity contribution in [2.45, 2.75) is 283 Å². The zero-order chi connectivity index (χ0) is 43.7. The van der Waals surface area contributed by atoms with Crippen LogP contribution in [0.1, 0.15) is 271 Å². The van der Waals surface area contributed by atoms with Gasteiger partial charge in [0.15, 0.2) is 0 Å². The fourth-order valence-corrected chi connectivity index (χ4v) is 7.85. The molecule has 0 saturated carbocycles. The Hall–Kier alpha value is -1.92. The molecule has 0 radical (unpaired) electrons.